The van der Waals surface area contributed by atoms with E-state index >= 15 is 0 Å². The molecule has 0 radical (unpaired) electrons. The molecule has 2 N–H and O–H groups in total. The van der Waals surface area contributed by atoms with E-state index in [2.05, 4.69) is 179 Å². The zero-order valence-electron chi connectivity index (χ0n) is 31.4. The van der Waals surface area contributed by atoms with Crippen LogP contribution in [0.1, 0.15) is 22.8 Å². The van der Waals surface area contributed by atoms with Gasteiger partial charge in [0, 0.05) is 0 Å². The molecule has 8 heteroatoms. The van der Waals surface area contributed by atoms with Gasteiger partial charge in [0.15, 0.2) is 0 Å². The van der Waals surface area contributed by atoms with Crippen molar-refractivity contribution < 1.29 is 0 Å². The van der Waals surface area contributed by atoms with Crippen molar-refractivity contribution in [3.8, 4) is 44.5 Å². The number of hydrogen-bond donors (Lipinski definition) is 2. The Kier molecular flexibility index (Phi) is 10.7. The van der Waals surface area contributed by atoms with E-state index in [0.717, 1.165) is 89.4 Å². The minimum absolute atomic E-state index is 0.420. The van der Waals surface area contributed by atoms with Gasteiger partial charge in [-0.15, -0.1) is 0 Å². The fraction of sp³-hybridized carbons (Fsp3) is 0.0833. The second kappa shape index (κ2) is 16.2. The van der Waals surface area contributed by atoms with Gasteiger partial charge in [-0.25, -0.2) is 0 Å². The molecule has 0 aliphatic carbocycles. The van der Waals surface area contributed by atoms with Crippen molar-refractivity contribution in [3.05, 3.63) is 144 Å². The van der Waals surface area contributed by atoms with Crippen LogP contribution < -0.4 is 17.8 Å². The topological polar surface area (TPSA) is 57.4 Å². The average Bonchev–Trinajstić information content (AvgIpc) is 4.10. The molecule has 0 atom stereocenters. The van der Waals surface area contributed by atoms with Crippen LogP contribution in [-0.2, 0) is 0 Å². The third-order valence-electron chi connectivity index (χ3n) is 10.3. The molecule has 4 aromatic carbocycles. The summed E-state index contributed by atoms with van der Waals surface area (Å²) < 4.78 is 5.49. The van der Waals surface area contributed by atoms with E-state index in [9.17, 15) is 0 Å². The summed E-state index contributed by atoms with van der Waals surface area (Å²) in [7, 11) is 0. The molecule has 8 bridgehead atoms. The third-order valence-corrected chi connectivity index (χ3v) is 16.5. The quantitative estimate of drug-likeness (QED) is 0.150. The number of H-pyrrole nitrogens is 2. The van der Waals surface area contributed by atoms with Crippen molar-refractivity contribution in [3.63, 3.8) is 0 Å². The monoisotopic (exact) mass is 990 g/mol. The molecule has 56 heavy (non-hydrogen) atoms. The van der Waals surface area contributed by atoms with Crippen LogP contribution in [0.15, 0.2) is 121 Å². The Labute approximate surface area is 353 Å². The van der Waals surface area contributed by atoms with Crippen molar-refractivity contribution in [2.75, 3.05) is 0 Å². The van der Waals surface area contributed by atoms with Gasteiger partial charge in [0.05, 0.1) is 0 Å². The molecular formula is C48H38N4Se4. The van der Waals surface area contributed by atoms with Gasteiger partial charge in [-0.2, -0.15) is 0 Å². The first-order chi connectivity index (χ1) is 27.5. The summed E-state index contributed by atoms with van der Waals surface area (Å²) in [5.74, 6) is 9.05. The maximum atomic E-state index is 5.48. The summed E-state index contributed by atoms with van der Waals surface area (Å²) in [6.07, 6.45) is 8.73. The molecule has 7 aromatic rings. The van der Waals surface area contributed by atoms with Gasteiger partial charge in [-0.3, -0.25) is 0 Å². The van der Waals surface area contributed by atoms with Crippen molar-refractivity contribution in [2.45, 2.75) is 23.3 Å². The molecule has 0 amide bonds. The van der Waals surface area contributed by atoms with Crippen molar-refractivity contribution >= 4 is 124 Å². The maximum absolute atomic E-state index is 5.48. The number of aromatic amines is 2. The normalized spacial score (nSPS) is 12.1. The molecule has 0 spiro atoms. The Morgan fingerprint density at radius 2 is 0.518 bits per heavy atom. The SMILES string of the molecule is C[Se]c1ccc(-c2c3nc(c(-c4ccc([Se]C)cc4)c4ccc([nH]4)c(-c4ccc([Se]C)cc4)c4nc(c(-c5ccc([Se]C)cc5)c5ccc2[nH]5)C=C4)C=C3)cc1. The van der Waals surface area contributed by atoms with Crippen LogP contribution >= 0.6 is 0 Å². The second-order valence-electron chi connectivity index (χ2n) is 13.4. The first-order valence-electron chi connectivity index (χ1n) is 18.3. The first kappa shape index (κ1) is 37.2. The molecule has 2 aliphatic heterocycles. The van der Waals surface area contributed by atoms with E-state index in [1.54, 1.807) is 0 Å². The molecule has 4 nitrogen and oxygen atoms in total. The summed E-state index contributed by atoms with van der Waals surface area (Å²) in [5, 5.41) is 0. The Balaban J connectivity index is 1.44. The number of rotatable bonds is 8. The van der Waals surface area contributed by atoms with E-state index in [0.29, 0.717) is 59.8 Å². The Morgan fingerprint density at radius 1 is 0.304 bits per heavy atom. The Hall–Kier alpha value is -4.44. The van der Waals surface area contributed by atoms with Gasteiger partial charge in [0.25, 0.3) is 0 Å². The average molecular weight is 987 g/mol. The van der Waals surface area contributed by atoms with Crippen molar-refractivity contribution in [2.24, 2.45) is 0 Å². The fourth-order valence-electron chi connectivity index (χ4n) is 7.45. The van der Waals surface area contributed by atoms with Crippen LogP contribution in [0.5, 0.6) is 0 Å². The molecule has 5 heterocycles. The molecule has 0 fully saturated rings. The predicted molar refractivity (Wildman–Crippen MR) is 246 cm³/mol. The second-order valence-corrected chi connectivity index (χ2v) is 20.8. The van der Waals surface area contributed by atoms with Gasteiger partial charge in [-0.1, -0.05) is 0 Å². The van der Waals surface area contributed by atoms with E-state index in [-0.39, 0.29) is 0 Å². The van der Waals surface area contributed by atoms with Crippen LogP contribution in [0.25, 0.3) is 90.9 Å². The zero-order chi connectivity index (χ0) is 38.2. The summed E-state index contributed by atoms with van der Waals surface area (Å²) in [5.41, 5.74) is 16.7. The molecule has 3 aromatic heterocycles. The summed E-state index contributed by atoms with van der Waals surface area (Å²) in [6.45, 7) is 0. The van der Waals surface area contributed by atoms with Crippen molar-refractivity contribution in [1.29, 1.82) is 0 Å². The summed E-state index contributed by atoms with van der Waals surface area (Å²) in [6, 6.07) is 45.0. The van der Waals surface area contributed by atoms with Gasteiger partial charge in [-0.05, 0) is 0 Å². The van der Waals surface area contributed by atoms with E-state index in [1.807, 2.05) is 0 Å². The van der Waals surface area contributed by atoms with E-state index < -0.39 is 0 Å². The first-order valence-corrected chi connectivity index (χ1v) is 28.6. The fourth-order valence-corrected chi connectivity index (χ4v) is 10.9. The van der Waals surface area contributed by atoms with Crippen LogP contribution in [0.4, 0.5) is 0 Å². The third kappa shape index (κ3) is 7.18. The summed E-state index contributed by atoms with van der Waals surface area (Å²) in [4.78, 5) is 18.8. The van der Waals surface area contributed by atoms with Crippen molar-refractivity contribution in [1.82, 2.24) is 19.9 Å². The van der Waals surface area contributed by atoms with E-state index in [1.165, 1.54) is 17.8 Å². The number of hydrogen-bond acceptors (Lipinski definition) is 2. The molecule has 0 unspecified atom stereocenters. The minimum atomic E-state index is 0.420. The molecule has 2 aliphatic rings. The predicted octanol–water partition coefficient (Wildman–Crippen LogP) is 8.83. The van der Waals surface area contributed by atoms with E-state index in [4.69, 9.17) is 9.97 Å². The Morgan fingerprint density at radius 3 is 0.714 bits per heavy atom. The van der Waals surface area contributed by atoms with Gasteiger partial charge in [0.2, 0.25) is 0 Å². The zero-order valence-corrected chi connectivity index (χ0v) is 38.2. The number of benzene rings is 4. The molecule has 274 valence electrons. The van der Waals surface area contributed by atoms with Crippen LogP contribution in [0, 0.1) is 0 Å². The molecule has 0 saturated heterocycles. The molecular weight excluding hydrogens is 948 g/mol. The van der Waals surface area contributed by atoms with Crippen LogP contribution in [0.2, 0.25) is 23.3 Å². The van der Waals surface area contributed by atoms with Crippen LogP contribution in [-0.4, -0.2) is 79.8 Å². The molecule has 0 saturated carbocycles. The summed E-state index contributed by atoms with van der Waals surface area (Å²) >= 11 is 1.68. The number of nitrogens with zero attached hydrogens (tertiary/aromatic N) is 2. The number of fused-ring (bicyclic) bond motifs is 8. The van der Waals surface area contributed by atoms with Gasteiger partial charge < -0.3 is 0 Å². The Bertz CT molecular complexity index is 2430. The standard InChI is InChI=1S/C48H38N4Se4/c1-53-33-13-5-29(6-14-33)45-37-21-23-39(49-37)46(30-7-15-34(54-2)16-8-30)41-25-27-43(51-41)48(32-11-19-36(56-4)20-12-32)44-28-26-42(52-44)47(40-24-22-38(45)50-40)31-9-17-35(55-3)18-10-31/h5-28,49,52H,1-4H3. The van der Waals surface area contributed by atoms with Gasteiger partial charge >= 0.3 is 356 Å². The van der Waals surface area contributed by atoms with Gasteiger partial charge in [0.1, 0.15) is 0 Å². The number of nitrogens with one attached hydrogen (secondary N) is 2. The molecule has 9 rings (SSSR count). The number of aromatic nitrogens is 4. The van der Waals surface area contributed by atoms with Crippen LogP contribution in [0.3, 0.4) is 0 Å².